The van der Waals surface area contributed by atoms with Crippen LogP contribution in [0.1, 0.15) is 58.8 Å². The molecule has 170 valence electrons. The molecule has 0 amide bonds. The van der Waals surface area contributed by atoms with Crippen LogP contribution in [0.3, 0.4) is 0 Å². The quantitative estimate of drug-likeness (QED) is 0.512. The first-order chi connectivity index (χ1) is 14.4. The van der Waals surface area contributed by atoms with Gasteiger partial charge in [0.1, 0.15) is 0 Å². The Bertz CT molecular complexity index is 864. The minimum absolute atomic E-state index is 0.0677. The van der Waals surface area contributed by atoms with Crippen LogP contribution in [-0.4, -0.2) is 45.5 Å². The minimum Gasteiger partial charge on any atom is -0.354 e. The Kier molecular flexibility index (Phi) is 7.73. The summed E-state index contributed by atoms with van der Waals surface area (Å²) in [6.07, 6.45) is 2.30. The van der Waals surface area contributed by atoms with E-state index >= 15 is 0 Å². The molecular formula is C23H32Cl3N5. The number of likely N-dealkylation sites (tertiary alicyclic amines) is 1. The van der Waals surface area contributed by atoms with Gasteiger partial charge in [-0.2, -0.15) is 9.97 Å². The molecule has 1 aliphatic heterocycles. The summed E-state index contributed by atoms with van der Waals surface area (Å²) in [6, 6.07) is 8.78. The molecule has 1 aromatic carbocycles. The molecule has 0 aliphatic carbocycles. The third-order valence-corrected chi connectivity index (χ3v) is 6.33. The predicted octanol–water partition coefficient (Wildman–Crippen LogP) is 6.20. The van der Waals surface area contributed by atoms with Crippen molar-refractivity contribution < 1.29 is 0 Å². The van der Waals surface area contributed by atoms with E-state index in [1.807, 2.05) is 12.1 Å². The van der Waals surface area contributed by atoms with Gasteiger partial charge in [0.15, 0.2) is 11.6 Å². The zero-order valence-corrected chi connectivity index (χ0v) is 21.2. The molecule has 1 aliphatic rings. The maximum atomic E-state index is 6.11. The Morgan fingerprint density at radius 2 is 1.61 bits per heavy atom. The van der Waals surface area contributed by atoms with Crippen molar-refractivity contribution in [2.45, 2.75) is 62.7 Å². The van der Waals surface area contributed by atoms with Gasteiger partial charge in [-0.15, -0.1) is 0 Å². The van der Waals surface area contributed by atoms with Crippen molar-refractivity contribution >= 4 is 40.8 Å². The first-order valence-electron chi connectivity index (χ1n) is 10.9. The maximum Gasteiger partial charge on any atom is 0.250 e. The van der Waals surface area contributed by atoms with E-state index in [-0.39, 0.29) is 11.2 Å². The highest BCUT2D eigenvalue weighted by atomic mass is 35.6. The molecule has 0 saturated carbocycles. The highest BCUT2D eigenvalue weighted by Crippen LogP contribution is 2.37. The average molecular weight is 485 g/mol. The van der Waals surface area contributed by atoms with Crippen LogP contribution in [0.5, 0.6) is 0 Å². The van der Waals surface area contributed by atoms with E-state index < -0.39 is 3.79 Å². The number of hydrogen-bond donors (Lipinski definition) is 1. The lowest BCUT2D eigenvalue weighted by molar-refractivity contribution is 0.153. The molecule has 1 saturated heterocycles. The normalized spacial score (nSPS) is 16.7. The summed E-state index contributed by atoms with van der Waals surface area (Å²) in [5.74, 6) is 1.63. The molecule has 8 heteroatoms. The fraction of sp³-hybridized carbons (Fsp3) is 0.609. The van der Waals surface area contributed by atoms with Crippen molar-refractivity contribution in [3.8, 4) is 11.4 Å². The monoisotopic (exact) mass is 483 g/mol. The van der Waals surface area contributed by atoms with Crippen molar-refractivity contribution in [1.82, 2.24) is 19.9 Å². The van der Waals surface area contributed by atoms with Crippen LogP contribution in [0, 0.1) is 5.92 Å². The van der Waals surface area contributed by atoms with Crippen molar-refractivity contribution in [2.24, 2.45) is 5.92 Å². The van der Waals surface area contributed by atoms with Gasteiger partial charge in [-0.1, -0.05) is 79.8 Å². The second-order valence-corrected chi connectivity index (χ2v) is 11.9. The fourth-order valence-electron chi connectivity index (χ4n) is 3.74. The van der Waals surface area contributed by atoms with Gasteiger partial charge in [0.05, 0.1) is 0 Å². The lowest BCUT2D eigenvalue weighted by Gasteiger charge is -2.34. The lowest BCUT2D eigenvalue weighted by Crippen LogP contribution is -2.40. The number of nitrogens with one attached hydrogen (secondary N) is 1. The number of anilines is 1. The molecular weight excluding hydrogens is 453 g/mol. The van der Waals surface area contributed by atoms with Gasteiger partial charge in [0.2, 0.25) is 9.74 Å². The molecule has 0 unspecified atom stereocenters. The van der Waals surface area contributed by atoms with Crippen LogP contribution in [0.25, 0.3) is 11.4 Å². The van der Waals surface area contributed by atoms with Crippen LogP contribution in [0.4, 0.5) is 5.95 Å². The Morgan fingerprint density at radius 3 is 2.13 bits per heavy atom. The minimum atomic E-state index is -1.72. The summed E-state index contributed by atoms with van der Waals surface area (Å²) < 4.78 is -1.72. The Labute approximate surface area is 200 Å². The largest absolute Gasteiger partial charge is 0.354 e. The molecule has 0 spiro atoms. The molecule has 3 rings (SSSR count). The number of rotatable bonds is 5. The summed E-state index contributed by atoms with van der Waals surface area (Å²) in [6.45, 7) is 14.1. The van der Waals surface area contributed by atoms with Crippen molar-refractivity contribution in [3.05, 3.63) is 35.7 Å². The van der Waals surface area contributed by atoms with Gasteiger partial charge in [-0.3, -0.25) is 0 Å². The van der Waals surface area contributed by atoms with Crippen LogP contribution in [-0.2, 0) is 9.21 Å². The Balaban J connectivity index is 1.78. The fourth-order valence-corrected chi connectivity index (χ4v) is 3.99. The molecule has 0 atom stereocenters. The van der Waals surface area contributed by atoms with Crippen molar-refractivity contribution in [3.63, 3.8) is 0 Å². The van der Waals surface area contributed by atoms with E-state index in [1.165, 1.54) is 5.56 Å². The average Bonchev–Trinajstić information content (AvgIpc) is 2.71. The first kappa shape index (κ1) is 24.5. The maximum absolute atomic E-state index is 6.11. The van der Waals surface area contributed by atoms with Crippen LogP contribution in [0.2, 0.25) is 0 Å². The second kappa shape index (κ2) is 9.78. The summed E-state index contributed by atoms with van der Waals surface area (Å²) in [4.78, 5) is 15.9. The highest BCUT2D eigenvalue weighted by Gasteiger charge is 2.29. The van der Waals surface area contributed by atoms with Crippen LogP contribution in [0.15, 0.2) is 24.3 Å². The topological polar surface area (TPSA) is 53.9 Å². The number of nitrogens with zero attached hydrogens (tertiary/aromatic N) is 4. The molecule has 1 N–H and O–H groups in total. The summed E-state index contributed by atoms with van der Waals surface area (Å²) in [5, 5.41) is 3.36. The smallest absolute Gasteiger partial charge is 0.250 e. The molecule has 1 fully saturated rings. The van der Waals surface area contributed by atoms with Gasteiger partial charge in [0, 0.05) is 18.2 Å². The van der Waals surface area contributed by atoms with E-state index in [0.29, 0.717) is 23.7 Å². The van der Waals surface area contributed by atoms with Gasteiger partial charge in [0.25, 0.3) is 0 Å². The third kappa shape index (κ3) is 6.67. The Hall–Kier alpha value is -1.14. The van der Waals surface area contributed by atoms with Gasteiger partial charge in [-0.05, 0) is 56.7 Å². The third-order valence-electron chi connectivity index (χ3n) is 5.83. The van der Waals surface area contributed by atoms with Crippen molar-refractivity contribution in [2.75, 3.05) is 25.0 Å². The molecule has 2 heterocycles. The number of aromatic nitrogens is 3. The lowest BCUT2D eigenvalue weighted by atomic mass is 9.87. The Morgan fingerprint density at radius 1 is 1.00 bits per heavy atom. The van der Waals surface area contributed by atoms with Crippen LogP contribution >= 0.6 is 34.8 Å². The molecule has 0 radical (unpaired) electrons. The van der Waals surface area contributed by atoms with E-state index in [2.05, 4.69) is 71.9 Å². The number of piperidine rings is 1. The van der Waals surface area contributed by atoms with Gasteiger partial charge < -0.3 is 10.2 Å². The summed E-state index contributed by atoms with van der Waals surface area (Å²) in [7, 11) is 0. The van der Waals surface area contributed by atoms with E-state index in [0.717, 1.165) is 38.0 Å². The number of alkyl halides is 3. The highest BCUT2D eigenvalue weighted by molar-refractivity contribution is 6.66. The zero-order chi connectivity index (χ0) is 22.8. The van der Waals surface area contributed by atoms with Crippen molar-refractivity contribution in [1.29, 1.82) is 0 Å². The standard InChI is InChI=1S/C23H32Cl3N5/c1-15(2)31-12-10-16(11-13-31)14-27-21-29-19(28-20(30-21)23(24,25)26)17-6-8-18(9-7-17)22(3,4)5/h6-9,15-16H,10-14H2,1-5H3,(H,27,28,29,30). The summed E-state index contributed by atoms with van der Waals surface area (Å²) in [5.41, 5.74) is 2.16. The van der Waals surface area contributed by atoms with Gasteiger partial charge in [-0.25, -0.2) is 4.98 Å². The predicted molar refractivity (Wildman–Crippen MR) is 131 cm³/mol. The zero-order valence-electron chi connectivity index (χ0n) is 18.9. The molecule has 5 nitrogen and oxygen atoms in total. The molecule has 1 aromatic heterocycles. The summed E-state index contributed by atoms with van der Waals surface area (Å²) >= 11 is 18.3. The number of halogens is 3. The van der Waals surface area contributed by atoms with E-state index in [4.69, 9.17) is 34.8 Å². The molecule has 0 bridgehead atoms. The van der Waals surface area contributed by atoms with E-state index in [1.54, 1.807) is 0 Å². The molecule has 2 aromatic rings. The molecule has 31 heavy (non-hydrogen) atoms. The first-order valence-corrected chi connectivity index (χ1v) is 12.0. The number of benzene rings is 1. The van der Waals surface area contributed by atoms with Crippen LogP contribution < -0.4 is 5.32 Å². The van der Waals surface area contributed by atoms with E-state index in [9.17, 15) is 0 Å². The second-order valence-electron chi connectivity index (χ2n) is 9.59. The number of hydrogen-bond acceptors (Lipinski definition) is 5. The van der Waals surface area contributed by atoms with Gasteiger partial charge >= 0.3 is 0 Å². The SMILES string of the molecule is CC(C)N1CCC(CNc2nc(-c3ccc(C(C)(C)C)cc3)nc(C(Cl)(Cl)Cl)n2)CC1.